The number of hydrogen-bond acceptors (Lipinski definition) is 5. The molecule has 0 aliphatic rings. The number of nitrogens with one attached hydrogen (secondary N) is 1. The van der Waals surface area contributed by atoms with Crippen molar-refractivity contribution in [2.24, 2.45) is 7.05 Å². The van der Waals surface area contributed by atoms with Gasteiger partial charge in [-0.3, -0.25) is 4.57 Å². The summed E-state index contributed by atoms with van der Waals surface area (Å²) >= 11 is 6.16. The van der Waals surface area contributed by atoms with Crippen LogP contribution in [0.5, 0.6) is 5.75 Å². The van der Waals surface area contributed by atoms with Crippen LogP contribution in [0.25, 0.3) is 11.5 Å². The Hall–Kier alpha value is -2.54. The van der Waals surface area contributed by atoms with E-state index in [1.807, 2.05) is 6.92 Å². The normalized spacial score (nSPS) is 10.9. The summed E-state index contributed by atoms with van der Waals surface area (Å²) in [5.41, 5.74) is 1.21. The molecule has 0 amide bonds. The lowest BCUT2D eigenvalue weighted by Gasteiger charge is -2.11. The molecule has 2 aromatic heterocycles. The van der Waals surface area contributed by atoms with Crippen molar-refractivity contribution >= 4 is 11.6 Å². The number of halogens is 1. The first-order valence-electron chi connectivity index (χ1n) is 6.49. The Kier molecular flexibility index (Phi) is 3.72. The van der Waals surface area contributed by atoms with Crippen LogP contribution >= 0.6 is 11.6 Å². The summed E-state index contributed by atoms with van der Waals surface area (Å²) < 4.78 is 12.5. The largest absolute Gasteiger partial charge is 0.485 e. The topological polar surface area (TPSA) is 85.9 Å². The molecule has 0 aliphatic carbocycles. The SMILES string of the molecule is Cc1cc(OCc2n[nH]c(=O)n2C)c(-c2ncco2)cc1Cl. The molecule has 0 radical (unpaired) electrons. The van der Waals surface area contributed by atoms with E-state index in [0.717, 1.165) is 5.56 Å². The highest BCUT2D eigenvalue weighted by molar-refractivity contribution is 6.31. The Balaban J connectivity index is 1.94. The average Bonchev–Trinajstić information content (AvgIpc) is 3.12. The van der Waals surface area contributed by atoms with Crippen molar-refractivity contribution in [1.29, 1.82) is 0 Å². The van der Waals surface area contributed by atoms with Gasteiger partial charge in [-0.05, 0) is 24.6 Å². The van der Waals surface area contributed by atoms with Crippen molar-refractivity contribution in [3.63, 3.8) is 0 Å². The van der Waals surface area contributed by atoms with Gasteiger partial charge >= 0.3 is 5.69 Å². The number of benzene rings is 1. The van der Waals surface area contributed by atoms with Crippen LogP contribution in [0.4, 0.5) is 0 Å². The molecule has 0 saturated carbocycles. The van der Waals surface area contributed by atoms with Gasteiger partial charge in [0.25, 0.3) is 0 Å². The lowest BCUT2D eigenvalue weighted by Crippen LogP contribution is -2.15. The Labute approximate surface area is 130 Å². The Morgan fingerprint density at radius 3 is 2.91 bits per heavy atom. The molecule has 3 aromatic rings. The van der Waals surface area contributed by atoms with Crippen LogP contribution in [0, 0.1) is 6.92 Å². The average molecular weight is 321 g/mol. The van der Waals surface area contributed by atoms with E-state index < -0.39 is 0 Å². The van der Waals surface area contributed by atoms with Gasteiger partial charge in [0.1, 0.15) is 18.6 Å². The highest BCUT2D eigenvalue weighted by Gasteiger charge is 2.15. The van der Waals surface area contributed by atoms with Gasteiger partial charge in [-0.1, -0.05) is 11.6 Å². The maximum Gasteiger partial charge on any atom is 0.343 e. The molecular weight excluding hydrogens is 308 g/mol. The molecule has 22 heavy (non-hydrogen) atoms. The minimum absolute atomic E-state index is 0.129. The smallest absolute Gasteiger partial charge is 0.343 e. The quantitative estimate of drug-likeness (QED) is 0.797. The molecule has 0 aliphatic heterocycles. The van der Waals surface area contributed by atoms with Gasteiger partial charge in [0.05, 0.1) is 11.8 Å². The summed E-state index contributed by atoms with van der Waals surface area (Å²) in [6.45, 7) is 2.00. The first-order valence-corrected chi connectivity index (χ1v) is 6.87. The maximum absolute atomic E-state index is 11.4. The van der Waals surface area contributed by atoms with Gasteiger partial charge in [0, 0.05) is 12.1 Å². The molecule has 8 heteroatoms. The second-order valence-electron chi connectivity index (χ2n) is 4.73. The molecule has 0 bridgehead atoms. The second kappa shape index (κ2) is 5.69. The van der Waals surface area contributed by atoms with Crippen molar-refractivity contribution in [3.8, 4) is 17.2 Å². The van der Waals surface area contributed by atoms with E-state index in [0.29, 0.717) is 28.1 Å². The minimum atomic E-state index is -0.293. The standard InChI is InChI=1S/C14H13ClN4O3/c1-8-5-11(22-7-12-17-18-14(20)19(12)2)9(6-10(8)15)13-16-3-4-21-13/h3-6H,7H2,1-2H3,(H,18,20). The first-order chi connectivity index (χ1) is 10.6. The van der Waals surface area contributed by atoms with E-state index in [2.05, 4.69) is 15.2 Å². The van der Waals surface area contributed by atoms with Crippen LogP contribution in [0.15, 0.2) is 33.8 Å². The van der Waals surface area contributed by atoms with Crippen molar-refractivity contribution in [2.75, 3.05) is 0 Å². The number of aromatic amines is 1. The third-order valence-electron chi connectivity index (χ3n) is 3.25. The molecule has 1 N–H and O–H groups in total. The predicted molar refractivity (Wildman–Crippen MR) is 79.8 cm³/mol. The molecule has 114 valence electrons. The first kappa shape index (κ1) is 14.4. The number of oxazole rings is 1. The van der Waals surface area contributed by atoms with E-state index in [-0.39, 0.29) is 12.3 Å². The van der Waals surface area contributed by atoms with E-state index >= 15 is 0 Å². The molecule has 1 aromatic carbocycles. The van der Waals surface area contributed by atoms with Crippen LogP contribution in [0.3, 0.4) is 0 Å². The summed E-state index contributed by atoms with van der Waals surface area (Å²) in [5, 5.41) is 6.85. The fraction of sp³-hybridized carbons (Fsp3) is 0.214. The molecule has 0 fully saturated rings. The summed E-state index contributed by atoms with van der Waals surface area (Å²) in [5.74, 6) is 1.45. The summed E-state index contributed by atoms with van der Waals surface area (Å²) in [7, 11) is 1.62. The van der Waals surface area contributed by atoms with Crippen LogP contribution in [-0.2, 0) is 13.7 Å². The summed E-state index contributed by atoms with van der Waals surface area (Å²) in [6, 6.07) is 3.54. The van der Waals surface area contributed by atoms with Gasteiger partial charge in [-0.2, -0.15) is 5.10 Å². The second-order valence-corrected chi connectivity index (χ2v) is 5.13. The van der Waals surface area contributed by atoms with E-state index in [4.69, 9.17) is 20.8 Å². The number of rotatable bonds is 4. The van der Waals surface area contributed by atoms with Gasteiger partial charge in [-0.25, -0.2) is 14.9 Å². The van der Waals surface area contributed by atoms with Gasteiger partial charge in [-0.15, -0.1) is 0 Å². The fourth-order valence-corrected chi connectivity index (χ4v) is 2.11. The molecule has 2 heterocycles. The fourth-order valence-electron chi connectivity index (χ4n) is 1.95. The minimum Gasteiger partial charge on any atom is -0.485 e. The van der Waals surface area contributed by atoms with Crippen molar-refractivity contribution in [2.45, 2.75) is 13.5 Å². The van der Waals surface area contributed by atoms with Gasteiger partial charge < -0.3 is 9.15 Å². The van der Waals surface area contributed by atoms with Gasteiger partial charge in [0.2, 0.25) is 5.89 Å². The lowest BCUT2D eigenvalue weighted by molar-refractivity contribution is 0.291. The van der Waals surface area contributed by atoms with E-state index in [1.165, 1.54) is 10.8 Å². The molecule has 0 spiro atoms. The van der Waals surface area contributed by atoms with Crippen LogP contribution in [-0.4, -0.2) is 19.7 Å². The van der Waals surface area contributed by atoms with E-state index in [1.54, 1.807) is 25.4 Å². The monoisotopic (exact) mass is 320 g/mol. The predicted octanol–water partition coefficient (Wildman–Crippen LogP) is 2.30. The summed E-state index contributed by atoms with van der Waals surface area (Å²) in [6.07, 6.45) is 3.02. The molecule has 0 atom stereocenters. The zero-order valence-corrected chi connectivity index (χ0v) is 12.7. The molecule has 3 rings (SSSR count). The zero-order chi connectivity index (χ0) is 15.7. The highest BCUT2D eigenvalue weighted by atomic mass is 35.5. The van der Waals surface area contributed by atoms with Gasteiger partial charge in [0.15, 0.2) is 5.82 Å². The number of aryl methyl sites for hydroxylation is 1. The van der Waals surface area contributed by atoms with Crippen molar-refractivity contribution < 1.29 is 9.15 Å². The molecule has 7 nitrogen and oxygen atoms in total. The highest BCUT2D eigenvalue weighted by Crippen LogP contribution is 2.34. The number of H-pyrrole nitrogens is 1. The number of nitrogens with zero attached hydrogens (tertiary/aromatic N) is 3. The maximum atomic E-state index is 11.4. The lowest BCUT2D eigenvalue weighted by atomic mass is 10.1. The Morgan fingerprint density at radius 2 is 2.27 bits per heavy atom. The van der Waals surface area contributed by atoms with E-state index in [9.17, 15) is 4.79 Å². The third kappa shape index (κ3) is 2.62. The van der Waals surface area contributed by atoms with Crippen molar-refractivity contribution in [1.82, 2.24) is 19.7 Å². The Bertz CT molecular complexity index is 852. The molecule has 0 saturated heterocycles. The van der Waals surface area contributed by atoms with Crippen molar-refractivity contribution in [3.05, 3.63) is 51.5 Å². The Morgan fingerprint density at radius 1 is 1.45 bits per heavy atom. The summed E-state index contributed by atoms with van der Waals surface area (Å²) in [4.78, 5) is 15.5. The molecule has 0 unspecified atom stereocenters. The van der Waals surface area contributed by atoms with Crippen LogP contribution in [0.1, 0.15) is 11.4 Å². The zero-order valence-electron chi connectivity index (χ0n) is 12.0. The third-order valence-corrected chi connectivity index (χ3v) is 3.66. The van der Waals surface area contributed by atoms with Crippen LogP contribution in [0.2, 0.25) is 5.02 Å². The number of aromatic nitrogens is 4. The van der Waals surface area contributed by atoms with Crippen LogP contribution < -0.4 is 10.4 Å². The number of ether oxygens (including phenoxy) is 1. The molecular formula is C14H13ClN4O3. The number of hydrogen-bond donors (Lipinski definition) is 1.